The lowest BCUT2D eigenvalue weighted by Gasteiger charge is -2.08. The highest BCUT2D eigenvalue weighted by Gasteiger charge is 2.23. The van der Waals surface area contributed by atoms with Crippen LogP contribution < -0.4 is 9.88 Å². The number of carbonyl (C=O) groups excluding carboxylic acids is 1. The number of thiophene rings is 1. The summed E-state index contributed by atoms with van der Waals surface area (Å²) in [6.07, 6.45) is -0.884. The fraction of sp³-hybridized carbons (Fsp3) is 0.267. The highest BCUT2D eigenvalue weighted by atomic mass is 32.3. The molecular formula is C15H17NO7S3. The molecule has 1 aromatic heterocycles. The van der Waals surface area contributed by atoms with E-state index in [1.54, 1.807) is 0 Å². The predicted molar refractivity (Wildman–Crippen MR) is 94.4 cm³/mol. The maximum Gasteiger partial charge on any atom is 0.513 e. The van der Waals surface area contributed by atoms with Crippen LogP contribution in [-0.4, -0.2) is 29.6 Å². The summed E-state index contributed by atoms with van der Waals surface area (Å²) in [7, 11) is -7.89. The molecule has 0 radical (unpaired) electrons. The van der Waals surface area contributed by atoms with Crippen molar-refractivity contribution in [1.29, 1.82) is 0 Å². The van der Waals surface area contributed by atoms with Gasteiger partial charge in [0.2, 0.25) is 19.9 Å². The molecule has 0 aliphatic carbocycles. The number of ether oxygens (including phenoxy) is 2. The van der Waals surface area contributed by atoms with Gasteiger partial charge < -0.3 is 9.47 Å². The largest absolute Gasteiger partial charge is 0.513 e. The van der Waals surface area contributed by atoms with Crippen LogP contribution in [-0.2, 0) is 24.6 Å². The van der Waals surface area contributed by atoms with E-state index in [-0.39, 0.29) is 31.6 Å². The summed E-state index contributed by atoms with van der Waals surface area (Å²) in [5.74, 6) is 0.275. The third kappa shape index (κ3) is 5.04. The second-order valence-electron chi connectivity index (χ2n) is 5.65. The lowest BCUT2D eigenvalue weighted by molar-refractivity contribution is 0.0885. The molecule has 0 saturated heterocycles. The van der Waals surface area contributed by atoms with Gasteiger partial charge in [0.15, 0.2) is 0 Å². The number of primary sulfonamides is 1. The normalized spacial score (nSPS) is 12.2. The number of hydrogen-bond donors (Lipinski definition) is 1. The Hall–Kier alpha value is -1.95. The Bertz CT molecular complexity index is 990. The van der Waals surface area contributed by atoms with Gasteiger partial charge in [-0.2, -0.15) is 0 Å². The molecule has 142 valence electrons. The first-order chi connectivity index (χ1) is 12.0. The Morgan fingerprint density at radius 2 is 1.62 bits per heavy atom. The van der Waals surface area contributed by atoms with E-state index in [4.69, 9.17) is 14.6 Å². The first-order valence-corrected chi connectivity index (χ1v) is 11.2. The number of hydrogen-bond acceptors (Lipinski definition) is 8. The number of benzene rings is 1. The molecule has 11 heteroatoms. The molecule has 0 bridgehead atoms. The maximum atomic E-state index is 12.5. The topological polar surface area (TPSA) is 130 Å². The van der Waals surface area contributed by atoms with Crippen molar-refractivity contribution in [2.75, 3.05) is 6.61 Å². The highest BCUT2D eigenvalue weighted by molar-refractivity contribution is 7.95. The van der Waals surface area contributed by atoms with Crippen molar-refractivity contribution in [2.24, 2.45) is 11.1 Å². The molecule has 8 nitrogen and oxygen atoms in total. The summed E-state index contributed by atoms with van der Waals surface area (Å²) in [6, 6.07) is 7.41. The van der Waals surface area contributed by atoms with Crippen LogP contribution >= 0.6 is 11.3 Å². The Morgan fingerprint density at radius 1 is 1.04 bits per heavy atom. The molecule has 0 aliphatic rings. The second kappa shape index (κ2) is 7.74. The molecule has 0 spiro atoms. The van der Waals surface area contributed by atoms with Crippen molar-refractivity contribution < 1.29 is 31.1 Å². The summed E-state index contributed by atoms with van der Waals surface area (Å²) in [5.41, 5.74) is 0. The molecule has 0 unspecified atom stereocenters. The lowest BCUT2D eigenvalue weighted by Crippen LogP contribution is -2.14. The van der Waals surface area contributed by atoms with Crippen molar-refractivity contribution in [3.05, 3.63) is 36.4 Å². The van der Waals surface area contributed by atoms with E-state index in [1.807, 2.05) is 13.8 Å². The number of sulfonamides is 1. The molecule has 2 rings (SSSR count). The van der Waals surface area contributed by atoms with Gasteiger partial charge >= 0.3 is 6.16 Å². The van der Waals surface area contributed by atoms with Crippen molar-refractivity contribution in [2.45, 2.75) is 27.2 Å². The number of sulfone groups is 1. The van der Waals surface area contributed by atoms with Crippen LogP contribution in [0.1, 0.15) is 13.8 Å². The maximum absolute atomic E-state index is 12.5. The predicted octanol–water partition coefficient (Wildman–Crippen LogP) is 2.40. The van der Waals surface area contributed by atoms with Crippen molar-refractivity contribution >= 4 is 37.4 Å². The highest BCUT2D eigenvalue weighted by Crippen LogP contribution is 2.30. The van der Waals surface area contributed by atoms with Crippen LogP contribution in [0.2, 0.25) is 0 Å². The zero-order chi connectivity index (χ0) is 19.5. The average molecular weight is 420 g/mol. The first-order valence-electron chi connectivity index (χ1n) is 7.32. The molecule has 0 atom stereocenters. The van der Waals surface area contributed by atoms with Gasteiger partial charge in [0, 0.05) is 0 Å². The standard InChI is InChI=1S/C15H17NO7S3/c1-10(2)9-22-15(17)23-11-3-5-12(6-4-11)25(18,19)13-7-8-14(24-13)26(16,20)21/h3-8,10H,9H2,1-2H3,(H2,16,20,21). The van der Waals surface area contributed by atoms with Gasteiger partial charge in [-0.3, -0.25) is 0 Å². The quantitative estimate of drug-likeness (QED) is 0.562. The number of carbonyl (C=O) groups is 1. The van der Waals surface area contributed by atoms with E-state index in [0.717, 1.165) is 6.07 Å². The fourth-order valence-electron chi connectivity index (χ4n) is 1.76. The van der Waals surface area contributed by atoms with E-state index in [9.17, 15) is 21.6 Å². The van der Waals surface area contributed by atoms with Gasteiger partial charge in [0.05, 0.1) is 11.5 Å². The summed E-state index contributed by atoms with van der Waals surface area (Å²) >= 11 is 0.559. The average Bonchev–Trinajstić information content (AvgIpc) is 3.04. The van der Waals surface area contributed by atoms with Crippen molar-refractivity contribution in [3.8, 4) is 5.75 Å². The van der Waals surface area contributed by atoms with Crippen LogP contribution in [0.5, 0.6) is 5.75 Å². The van der Waals surface area contributed by atoms with Gasteiger partial charge in [0.25, 0.3) is 0 Å². The summed E-state index contributed by atoms with van der Waals surface area (Å²) in [5, 5.41) is 4.99. The van der Waals surface area contributed by atoms with Gasteiger partial charge in [-0.25, -0.2) is 26.8 Å². The molecule has 2 aromatic rings. The summed E-state index contributed by atoms with van der Waals surface area (Å²) in [4.78, 5) is 11.4. The Morgan fingerprint density at radius 3 is 2.12 bits per heavy atom. The lowest BCUT2D eigenvalue weighted by atomic mass is 10.2. The minimum atomic E-state index is -3.97. The molecular weight excluding hydrogens is 402 g/mol. The van der Waals surface area contributed by atoms with Crippen LogP contribution in [0.4, 0.5) is 4.79 Å². The molecule has 0 fully saturated rings. The zero-order valence-corrected chi connectivity index (χ0v) is 16.4. The minimum Gasteiger partial charge on any atom is -0.434 e. The molecule has 2 N–H and O–H groups in total. The summed E-state index contributed by atoms with van der Waals surface area (Å²) in [6.45, 7) is 3.95. The van der Waals surface area contributed by atoms with E-state index in [0.29, 0.717) is 11.3 Å². The fourth-order valence-corrected chi connectivity index (χ4v) is 5.36. The second-order valence-corrected chi connectivity index (χ2v) is 10.7. The Labute approximate surface area is 155 Å². The van der Waals surface area contributed by atoms with E-state index in [1.165, 1.54) is 30.3 Å². The molecule has 0 saturated carbocycles. The third-order valence-electron chi connectivity index (χ3n) is 2.97. The van der Waals surface area contributed by atoms with Crippen molar-refractivity contribution in [3.63, 3.8) is 0 Å². The molecule has 0 aliphatic heterocycles. The Kier molecular flexibility index (Phi) is 6.06. The molecule has 1 aromatic carbocycles. The van der Waals surface area contributed by atoms with Crippen LogP contribution in [0.15, 0.2) is 49.7 Å². The van der Waals surface area contributed by atoms with E-state index >= 15 is 0 Å². The van der Waals surface area contributed by atoms with Crippen LogP contribution in [0.25, 0.3) is 0 Å². The Balaban J connectivity index is 2.16. The third-order valence-corrected chi connectivity index (χ3v) is 7.76. The first kappa shape index (κ1) is 20.4. The van der Waals surface area contributed by atoms with Crippen LogP contribution in [0.3, 0.4) is 0 Å². The monoisotopic (exact) mass is 419 g/mol. The molecule has 1 heterocycles. The molecule has 26 heavy (non-hydrogen) atoms. The zero-order valence-electron chi connectivity index (χ0n) is 13.9. The number of rotatable bonds is 6. The van der Waals surface area contributed by atoms with Gasteiger partial charge in [-0.15, -0.1) is 11.3 Å². The van der Waals surface area contributed by atoms with Gasteiger partial charge in [-0.05, 0) is 42.3 Å². The van der Waals surface area contributed by atoms with E-state index in [2.05, 4.69) is 0 Å². The SMILES string of the molecule is CC(C)COC(=O)Oc1ccc(S(=O)(=O)c2ccc(S(N)(=O)=O)s2)cc1. The van der Waals surface area contributed by atoms with E-state index < -0.39 is 26.0 Å². The van der Waals surface area contributed by atoms with Gasteiger partial charge in [0.1, 0.15) is 14.2 Å². The molecule has 0 amide bonds. The van der Waals surface area contributed by atoms with Crippen LogP contribution in [0, 0.1) is 5.92 Å². The van der Waals surface area contributed by atoms with Gasteiger partial charge in [-0.1, -0.05) is 13.8 Å². The van der Waals surface area contributed by atoms with Crippen molar-refractivity contribution in [1.82, 2.24) is 0 Å². The summed E-state index contributed by atoms with van der Waals surface area (Å²) < 4.78 is 57.0. The number of nitrogens with two attached hydrogens (primary N) is 1. The smallest absolute Gasteiger partial charge is 0.434 e. The minimum absolute atomic E-state index is 0.0804.